The van der Waals surface area contributed by atoms with Crippen LogP contribution in [0.3, 0.4) is 0 Å². The van der Waals surface area contributed by atoms with Gasteiger partial charge in [-0.2, -0.15) is 0 Å². The van der Waals surface area contributed by atoms with Crippen molar-refractivity contribution in [1.82, 2.24) is 15.0 Å². The van der Waals surface area contributed by atoms with E-state index < -0.39 is 0 Å². The minimum atomic E-state index is 0.673. The molecule has 2 aromatic heterocycles. The lowest BCUT2D eigenvalue weighted by molar-refractivity contribution is 1.18. The number of benzene rings is 8. The van der Waals surface area contributed by atoms with Crippen LogP contribution in [0.25, 0.3) is 99.9 Å². The highest BCUT2D eigenvalue weighted by atomic mass is 14.9. The van der Waals surface area contributed by atoms with Gasteiger partial charge in [0.2, 0.25) is 0 Å². The van der Waals surface area contributed by atoms with E-state index in [1.54, 1.807) is 0 Å². The summed E-state index contributed by atoms with van der Waals surface area (Å²) in [6.07, 6.45) is 0. The molecule has 54 heavy (non-hydrogen) atoms. The van der Waals surface area contributed by atoms with Crippen LogP contribution in [0.4, 0.5) is 0 Å². The molecule has 8 aromatic carbocycles. The highest BCUT2D eigenvalue weighted by Crippen LogP contribution is 2.38. The molecule has 2 heterocycles. The molecule has 0 spiro atoms. The zero-order valence-corrected chi connectivity index (χ0v) is 29.4. The van der Waals surface area contributed by atoms with E-state index in [-0.39, 0.29) is 0 Å². The minimum absolute atomic E-state index is 0.673. The van der Waals surface area contributed by atoms with Gasteiger partial charge in [0.25, 0.3) is 0 Å². The van der Waals surface area contributed by atoms with Crippen molar-refractivity contribution in [3.05, 3.63) is 200 Å². The van der Waals surface area contributed by atoms with Crippen molar-refractivity contribution in [2.45, 2.75) is 0 Å². The Balaban J connectivity index is 1.11. The zero-order valence-electron chi connectivity index (χ0n) is 29.4. The molecule has 0 saturated carbocycles. The van der Waals surface area contributed by atoms with Gasteiger partial charge in [-0.1, -0.05) is 176 Å². The van der Waals surface area contributed by atoms with Gasteiger partial charge in [0.1, 0.15) is 0 Å². The van der Waals surface area contributed by atoms with Gasteiger partial charge in [0.15, 0.2) is 5.82 Å². The van der Waals surface area contributed by atoms with E-state index in [4.69, 9.17) is 15.0 Å². The number of para-hydroxylation sites is 1. The summed E-state index contributed by atoms with van der Waals surface area (Å²) in [7, 11) is 0. The zero-order chi connectivity index (χ0) is 35.8. The fourth-order valence-corrected chi connectivity index (χ4v) is 7.57. The molecular formula is C51H33N3. The van der Waals surface area contributed by atoms with E-state index in [1.807, 2.05) is 12.1 Å². The first kappa shape index (κ1) is 31.5. The molecular weight excluding hydrogens is 655 g/mol. The maximum Gasteiger partial charge on any atom is 0.160 e. The molecule has 0 bridgehead atoms. The fraction of sp³-hybridized carbons (Fsp3) is 0. The Kier molecular flexibility index (Phi) is 7.81. The van der Waals surface area contributed by atoms with Gasteiger partial charge in [0.05, 0.1) is 22.6 Å². The van der Waals surface area contributed by atoms with E-state index in [1.165, 1.54) is 27.3 Å². The van der Waals surface area contributed by atoms with Crippen molar-refractivity contribution in [3.63, 3.8) is 0 Å². The third-order valence-corrected chi connectivity index (χ3v) is 10.3. The van der Waals surface area contributed by atoms with Crippen LogP contribution in [-0.2, 0) is 0 Å². The van der Waals surface area contributed by atoms with Crippen LogP contribution in [0.2, 0.25) is 0 Å². The SMILES string of the molecule is c1ccc(-c2cccc(-c3cc(-c4cccc(-c5ccccc5)c4)nc(-c4ccc(-c5nc6ccccc6c6c5ccc5ccccc56)cc4)n3)c2)cc1. The van der Waals surface area contributed by atoms with E-state index in [2.05, 4.69) is 188 Å². The summed E-state index contributed by atoms with van der Waals surface area (Å²) in [5, 5.41) is 5.98. The van der Waals surface area contributed by atoms with Gasteiger partial charge in [-0.3, -0.25) is 0 Å². The normalized spacial score (nSPS) is 11.3. The molecule has 0 saturated heterocycles. The highest BCUT2D eigenvalue weighted by molar-refractivity contribution is 6.22. The van der Waals surface area contributed by atoms with E-state index in [0.29, 0.717) is 5.82 Å². The van der Waals surface area contributed by atoms with Crippen LogP contribution in [0.5, 0.6) is 0 Å². The van der Waals surface area contributed by atoms with Gasteiger partial charge in [-0.25, -0.2) is 15.0 Å². The average molecular weight is 688 g/mol. The molecule has 10 rings (SSSR count). The fourth-order valence-electron chi connectivity index (χ4n) is 7.57. The largest absolute Gasteiger partial charge is 0.247 e. The van der Waals surface area contributed by atoms with E-state index in [9.17, 15) is 0 Å². The summed E-state index contributed by atoms with van der Waals surface area (Å²) < 4.78 is 0. The Hall–Kier alpha value is -7.23. The number of rotatable bonds is 6. The summed E-state index contributed by atoms with van der Waals surface area (Å²) in [6.45, 7) is 0. The topological polar surface area (TPSA) is 38.7 Å². The summed E-state index contributed by atoms with van der Waals surface area (Å²) in [5.41, 5.74) is 12.4. The third-order valence-electron chi connectivity index (χ3n) is 10.3. The first-order chi connectivity index (χ1) is 26.7. The standard InChI is InChI=1S/C51H33N3/c1-3-13-34(14-4-1)39-18-11-20-41(31-39)47-33-48(42-21-12-19-40(32-42)35-15-5-2-6-16-35)54-51(53-47)38-27-25-37(26-28-38)50-45-30-29-36-17-7-8-22-43(36)49(45)44-23-9-10-24-46(44)52-50/h1-33H. The van der Waals surface area contributed by atoms with E-state index >= 15 is 0 Å². The molecule has 0 unspecified atom stereocenters. The lowest BCUT2D eigenvalue weighted by atomic mass is 9.95. The van der Waals surface area contributed by atoms with Crippen molar-refractivity contribution in [2.24, 2.45) is 0 Å². The Bertz CT molecular complexity index is 2850. The Morgan fingerprint density at radius 2 is 0.796 bits per heavy atom. The molecule has 0 aliphatic heterocycles. The van der Waals surface area contributed by atoms with Gasteiger partial charge in [-0.05, 0) is 57.3 Å². The van der Waals surface area contributed by atoms with Crippen LogP contribution < -0.4 is 0 Å². The van der Waals surface area contributed by atoms with Crippen molar-refractivity contribution < 1.29 is 0 Å². The van der Waals surface area contributed by atoms with Crippen LogP contribution >= 0.6 is 0 Å². The first-order valence-electron chi connectivity index (χ1n) is 18.3. The Morgan fingerprint density at radius 1 is 0.278 bits per heavy atom. The van der Waals surface area contributed by atoms with Gasteiger partial charge in [0, 0.05) is 38.4 Å². The summed E-state index contributed by atoms with van der Waals surface area (Å²) in [4.78, 5) is 15.7. The maximum atomic E-state index is 5.23. The molecule has 0 fully saturated rings. The molecule has 0 radical (unpaired) electrons. The second-order valence-corrected chi connectivity index (χ2v) is 13.6. The van der Waals surface area contributed by atoms with Crippen LogP contribution in [0.1, 0.15) is 0 Å². The first-order valence-corrected chi connectivity index (χ1v) is 18.3. The van der Waals surface area contributed by atoms with Crippen LogP contribution in [-0.4, -0.2) is 15.0 Å². The highest BCUT2D eigenvalue weighted by Gasteiger charge is 2.16. The molecule has 0 atom stereocenters. The monoisotopic (exact) mass is 687 g/mol. The number of hydrogen-bond donors (Lipinski definition) is 0. The molecule has 252 valence electrons. The quantitative estimate of drug-likeness (QED) is 0.163. The molecule has 3 heteroatoms. The molecule has 10 aromatic rings. The van der Waals surface area contributed by atoms with E-state index in [0.717, 1.165) is 66.8 Å². The van der Waals surface area contributed by atoms with Crippen molar-refractivity contribution in [2.75, 3.05) is 0 Å². The number of aromatic nitrogens is 3. The maximum absolute atomic E-state index is 5.23. The molecule has 0 aliphatic carbocycles. The number of pyridine rings is 1. The van der Waals surface area contributed by atoms with Crippen LogP contribution in [0, 0.1) is 0 Å². The molecule has 0 aliphatic rings. The molecule has 0 N–H and O–H groups in total. The van der Waals surface area contributed by atoms with Crippen molar-refractivity contribution in [3.8, 4) is 67.4 Å². The lowest BCUT2D eigenvalue weighted by Crippen LogP contribution is -1.97. The summed E-state index contributed by atoms with van der Waals surface area (Å²) in [5.74, 6) is 0.673. The minimum Gasteiger partial charge on any atom is -0.247 e. The predicted molar refractivity (Wildman–Crippen MR) is 225 cm³/mol. The second-order valence-electron chi connectivity index (χ2n) is 13.6. The number of nitrogens with zero attached hydrogens (tertiary/aromatic N) is 3. The molecule has 3 nitrogen and oxygen atoms in total. The second kappa shape index (κ2) is 13.4. The van der Waals surface area contributed by atoms with Crippen LogP contribution in [0.15, 0.2) is 200 Å². The van der Waals surface area contributed by atoms with Gasteiger partial charge in [-0.15, -0.1) is 0 Å². The lowest BCUT2D eigenvalue weighted by Gasteiger charge is -2.13. The van der Waals surface area contributed by atoms with Gasteiger partial charge >= 0.3 is 0 Å². The number of hydrogen-bond acceptors (Lipinski definition) is 3. The number of fused-ring (bicyclic) bond motifs is 5. The Morgan fingerprint density at radius 3 is 1.44 bits per heavy atom. The summed E-state index contributed by atoms with van der Waals surface area (Å²) >= 11 is 0. The average Bonchev–Trinajstić information content (AvgIpc) is 3.26. The third kappa shape index (κ3) is 5.78. The smallest absolute Gasteiger partial charge is 0.160 e. The Labute approximate surface area is 313 Å². The summed E-state index contributed by atoms with van der Waals surface area (Å²) in [6, 6.07) is 70.3. The van der Waals surface area contributed by atoms with Crippen molar-refractivity contribution in [1.29, 1.82) is 0 Å². The van der Waals surface area contributed by atoms with Gasteiger partial charge < -0.3 is 0 Å². The van der Waals surface area contributed by atoms with Crippen molar-refractivity contribution >= 4 is 32.4 Å². The predicted octanol–water partition coefficient (Wildman–Crippen LogP) is 13.3. The molecule has 0 amide bonds.